The Morgan fingerprint density at radius 2 is 2.26 bits per heavy atom. The van der Waals surface area contributed by atoms with Crippen molar-refractivity contribution in [3.05, 3.63) is 50.1 Å². The molecule has 2 aromatic rings. The van der Waals surface area contributed by atoms with Crippen LogP contribution in [0.15, 0.2) is 45.1 Å². The van der Waals surface area contributed by atoms with E-state index in [9.17, 15) is 0 Å². The third kappa shape index (κ3) is 5.10. The molecule has 102 valence electrons. The summed E-state index contributed by atoms with van der Waals surface area (Å²) in [5.74, 6) is 6.53. The van der Waals surface area contributed by atoms with Gasteiger partial charge in [-0.25, -0.2) is 0 Å². The van der Waals surface area contributed by atoms with Crippen molar-refractivity contribution in [3.63, 3.8) is 0 Å². The summed E-state index contributed by atoms with van der Waals surface area (Å²) < 4.78 is 1.13. The minimum absolute atomic E-state index is 0.245. The number of thiophene rings is 1. The lowest BCUT2D eigenvalue weighted by atomic mass is 10.2. The lowest BCUT2D eigenvalue weighted by Gasteiger charge is -2.14. The SMILES string of the molecule is NNC(CSc1cccc(Cl)c1)Cc1cc(Br)cs1. The summed E-state index contributed by atoms with van der Waals surface area (Å²) in [5, 5.41) is 2.86. The number of rotatable bonds is 6. The molecule has 2 nitrogen and oxygen atoms in total. The summed E-state index contributed by atoms with van der Waals surface area (Å²) in [6, 6.07) is 10.3. The molecule has 0 aliphatic rings. The number of hydrogen-bond acceptors (Lipinski definition) is 4. The highest BCUT2D eigenvalue weighted by Gasteiger charge is 2.10. The topological polar surface area (TPSA) is 38.0 Å². The minimum atomic E-state index is 0.245. The molecular weight excluding hydrogens is 364 g/mol. The van der Waals surface area contributed by atoms with Crippen LogP contribution in [-0.4, -0.2) is 11.8 Å². The van der Waals surface area contributed by atoms with Crippen LogP contribution in [0.1, 0.15) is 4.88 Å². The maximum absolute atomic E-state index is 5.97. The Morgan fingerprint density at radius 1 is 1.42 bits per heavy atom. The number of hydrogen-bond donors (Lipinski definition) is 2. The van der Waals surface area contributed by atoms with Crippen molar-refractivity contribution in [2.45, 2.75) is 17.4 Å². The highest BCUT2D eigenvalue weighted by molar-refractivity contribution is 9.10. The predicted octanol–water partition coefficient (Wildman–Crippen LogP) is 4.33. The van der Waals surface area contributed by atoms with E-state index in [2.05, 4.69) is 38.9 Å². The van der Waals surface area contributed by atoms with Crippen LogP contribution in [0.25, 0.3) is 0 Å². The predicted molar refractivity (Wildman–Crippen MR) is 89.0 cm³/mol. The van der Waals surface area contributed by atoms with Crippen LogP contribution in [0.4, 0.5) is 0 Å². The molecule has 1 aromatic heterocycles. The minimum Gasteiger partial charge on any atom is -0.271 e. The van der Waals surface area contributed by atoms with Gasteiger partial charge >= 0.3 is 0 Å². The summed E-state index contributed by atoms with van der Waals surface area (Å²) in [6.45, 7) is 0. The standard InChI is InChI=1S/C13H14BrClN2S2/c14-9-4-13(18-7-9)6-11(17-16)8-19-12-3-1-2-10(15)5-12/h1-5,7,11,17H,6,8,16H2. The molecule has 1 heterocycles. The van der Waals surface area contributed by atoms with Gasteiger partial charge in [0.25, 0.3) is 0 Å². The third-order valence-electron chi connectivity index (χ3n) is 2.55. The zero-order valence-corrected chi connectivity index (χ0v) is 14.1. The molecule has 0 aliphatic carbocycles. The van der Waals surface area contributed by atoms with Crippen molar-refractivity contribution < 1.29 is 0 Å². The third-order valence-corrected chi connectivity index (χ3v) is 5.66. The lowest BCUT2D eigenvalue weighted by Crippen LogP contribution is -2.38. The zero-order chi connectivity index (χ0) is 13.7. The average molecular weight is 378 g/mol. The van der Waals surface area contributed by atoms with Crippen molar-refractivity contribution in [1.29, 1.82) is 0 Å². The van der Waals surface area contributed by atoms with E-state index in [4.69, 9.17) is 17.4 Å². The number of benzene rings is 1. The van der Waals surface area contributed by atoms with E-state index in [1.54, 1.807) is 23.1 Å². The number of nitrogens with one attached hydrogen (secondary N) is 1. The van der Waals surface area contributed by atoms with Crippen molar-refractivity contribution >= 4 is 50.6 Å². The summed E-state index contributed by atoms with van der Waals surface area (Å²) >= 11 is 12.9. The molecule has 6 heteroatoms. The number of hydrazine groups is 1. The molecule has 0 aliphatic heterocycles. The summed E-state index contributed by atoms with van der Waals surface area (Å²) in [7, 11) is 0. The quantitative estimate of drug-likeness (QED) is 0.447. The van der Waals surface area contributed by atoms with E-state index >= 15 is 0 Å². The van der Waals surface area contributed by atoms with Gasteiger partial charge in [-0.15, -0.1) is 23.1 Å². The molecular formula is C13H14BrClN2S2. The van der Waals surface area contributed by atoms with Crippen LogP contribution in [-0.2, 0) is 6.42 Å². The second-order valence-electron chi connectivity index (χ2n) is 4.07. The van der Waals surface area contributed by atoms with Gasteiger partial charge in [-0.1, -0.05) is 17.7 Å². The molecule has 0 saturated carbocycles. The Hall–Kier alpha value is -0.0400. The zero-order valence-electron chi connectivity index (χ0n) is 10.1. The molecule has 2 rings (SSSR count). The van der Waals surface area contributed by atoms with Crippen LogP contribution in [0.5, 0.6) is 0 Å². The van der Waals surface area contributed by atoms with Gasteiger partial charge in [-0.2, -0.15) is 0 Å². The first-order valence-corrected chi connectivity index (χ1v) is 8.78. The Kier molecular flexibility index (Phi) is 6.19. The summed E-state index contributed by atoms with van der Waals surface area (Å²) in [4.78, 5) is 2.49. The Labute approximate surface area is 134 Å². The van der Waals surface area contributed by atoms with Crippen LogP contribution in [0.2, 0.25) is 5.02 Å². The number of halogens is 2. The largest absolute Gasteiger partial charge is 0.271 e. The number of nitrogens with two attached hydrogens (primary N) is 1. The maximum atomic E-state index is 5.97. The summed E-state index contributed by atoms with van der Waals surface area (Å²) in [6.07, 6.45) is 0.931. The van der Waals surface area contributed by atoms with Crippen LogP contribution in [0.3, 0.4) is 0 Å². The van der Waals surface area contributed by atoms with Gasteiger partial charge in [0.05, 0.1) is 0 Å². The Bertz CT molecular complexity index is 533. The van der Waals surface area contributed by atoms with Gasteiger partial charge in [0.2, 0.25) is 0 Å². The Balaban J connectivity index is 1.89. The van der Waals surface area contributed by atoms with Crippen LogP contribution in [0, 0.1) is 0 Å². The first-order valence-electron chi connectivity index (χ1n) is 5.75. The Morgan fingerprint density at radius 3 is 2.89 bits per heavy atom. The first kappa shape index (κ1) is 15.4. The molecule has 0 bridgehead atoms. The monoisotopic (exact) mass is 376 g/mol. The van der Waals surface area contributed by atoms with Gasteiger partial charge in [0, 0.05) is 36.4 Å². The van der Waals surface area contributed by atoms with E-state index in [1.165, 1.54) is 9.77 Å². The second-order valence-corrected chi connectivity index (χ2v) is 7.51. The van der Waals surface area contributed by atoms with Gasteiger partial charge < -0.3 is 0 Å². The van der Waals surface area contributed by atoms with Crippen molar-refractivity contribution in [2.24, 2.45) is 5.84 Å². The molecule has 1 unspecified atom stereocenters. The van der Waals surface area contributed by atoms with E-state index in [1.807, 2.05) is 18.2 Å². The fourth-order valence-electron chi connectivity index (χ4n) is 1.62. The highest BCUT2D eigenvalue weighted by Crippen LogP contribution is 2.25. The van der Waals surface area contributed by atoms with Crippen LogP contribution >= 0.6 is 50.6 Å². The van der Waals surface area contributed by atoms with Crippen molar-refractivity contribution in [2.75, 3.05) is 5.75 Å². The van der Waals surface area contributed by atoms with Crippen molar-refractivity contribution in [3.8, 4) is 0 Å². The molecule has 0 radical (unpaired) electrons. The molecule has 1 aromatic carbocycles. The molecule has 1 atom stereocenters. The van der Waals surface area contributed by atoms with E-state index in [-0.39, 0.29) is 6.04 Å². The number of thioether (sulfide) groups is 1. The van der Waals surface area contributed by atoms with E-state index in [0.29, 0.717) is 0 Å². The normalized spacial score (nSPS) is 12.6. The second kappa shape index (κ2) is 7.67. The molecule has 0 saturated heterocycles. The smallest absolute Gasteiger partial charge is 0.0417 e. The molecule has 3 N–H and O–H groups in total. The molecule has 0 fully saturated rings. The van der Waals surface area contributed by atoms with Gasteiger partial charge in [-0.3, -0.25) is 11.3 Å². The van der Waals surface area contributed by atoms with E-state index in [0.717, 1.165) is 21.7 Å². The van der Waals surface area contributed by atoms with E-state index < -0.39 is 0 Å². The highest BCUT2D eigenvalue weighted by atomic mass is 79.9. The fourth-order valence-corrected chi connectivity index (χ4v) is 4.40. The fraction of sp³-hybridized carbons (Fsp3) is 0.231. The average Bonchev–Trinajstić information content (AvgIpc) is 2.80. The first-order chi connectivity index (χ1) is 9.17. The van der Waals surface area contributed by atoms with Crippen molar-refractivity contribution in [1.82, 2.24) is 5.43 Å². The molecule has 0 amide bonds. The van der Waals surface area contributed by atoms with Gasteiger partial charge in [0.15, 0.2) is 0 Å². The maximum Gasteiger partial charge on any atom is 0.0417 e. The molecule has 19 heavy (non-hydrogen) atoms. The van der Waals surface area contributed by atoms with Gasteiger partial charge in [0.1, 0.15) is 0 Å². The molecule has 0 spiro atoms. The van der Waals surface area contributed by atoms with Gasteiger partial charge in [-0.05, 0) is 46.6 Å². The van der Waals surface area contributed by atoms with Crippen LogP contribution < -0.4 is 11.3 Å². The summed E-state index contributed by atoms with van der Waals surface area (Å²) in [5.41, 5.74) is 2.88. The lowest BCUT2D eigenvalue weighted by molar-refractivity contribution is 0.579.